The van der Waals surface area contributed by atoms with E-state index in [4.69, 9.17) is 5.73 Å². The van der Waals surface area contributed by atoms with Gasteiger partial charge < -0.3 is 15.5 Å². The standard InChI is InChI=1S/C9H19N3O2/c1-11(2)6-7-12(3)9(14)5-4-8(10)13/h4-7H2,1-3H3,(H2,10,13). The molecule has 0 aromatic heterocycles. The summed E-state index contributed by atoms with van der Waals surface area (Å²) in [6.07, 6.45) is 0.338. The summed E-state index contributed by atoms with van der Waals surface area (Å²) < 4.78 is 0. The maximum atomic E-state index is 11.4. The fourth-order valence-electron chi connectivity index (χ4n) is 0.896. The Morgan fingerprint density at radius 1 is 1.07 bits per heavy atom. The Labute approximate surface area is 84.8 Å². The van der Waals surface area contributed by atoms with Crippen LogP contribution < -0.4 is 5.73 Å². The Balaban J connectivity index is 3.70. The summed E-state index contributed by atoms with van der Waals surface area (Å²) in [6, 6.07) is 0. The minimum Gasteiger partial charge on any atom is -0.370 e. The van der Waals surface area contributed by atoms with E-state index in [-0.39, 0.29) is 18.7 Å². The number of hydrogen-bond acceptors (Lipinski definition) is 3. The van der Waals surface area contributed by atoms with Gasteiger partial charge in [0.1, 0.15) is 0 Å². The summed E-state index contributed by atoms with van der Waals surface area (Å²) in [5.41, 5.74) is 4.95. The van der Waals surface area contributed by atoms with Gasteiger partial charge in [0.15, 0.2) is 0 Å². The molecule has 0 unspecified atom stereocenters. The van der Waals surface area contributed by atoms with Crippen LogP contribution in [0.3, 0.4) is 0 Å². The highest BCUT2D eigenvalue weighted by atomic mass is 16.2. The van der Waals surface area contributed by atoms with Gasteiger partial charge in [0.05, 0.1) is 0 Å². The molecule has 0 atom stereocenters. The van der Waals surface area contributed by atoms with Gasteiger partial charge in [0, 0.05) is 33.0 Å². The summed E-state index contributed by atoms with van der Waals surface area (Å²) in [5.74, 6) is -0.468. The lowest BCUT2D eigenvalue weighted by molar-refractivity contribution is -0.132. The number of nitrogens with zero attached hydrogens (tertiary/aromatic N) is 2. The Kier molecular flexibility index (Phi) is 5.87. The number of rotatable bonds is 6. The molecule has 0 aromatic carbocycles. The third-order valence-corrected chi connectivity index (χ3v) is 1.89. The van der Waals surface area contributed by atoms with Crippen molar-refractivity contribution in [2.24, 2.45) is 5.73 Å². The second-order valence-electron chi connectivity index (χ2n) is 3.58. The molecule has 0 aromatic rings. The molecule has 2 N–H and O–H groups in total. The first-order valence-corrected chi connectivity index (χ1v) is 4.60. The Hall–Kier alpha value is -1.10. The van der Waals surface area contributed by atoms with E-state index in [1.54, 1.807) is 11.9 Å². The zero-order valence-electron chi connectivity index (χ0n) is 9.12. The molecule has 0 radical (unpaired) electrons. The zero-order valence-corrected chi connectivity index (χ0v) is 9.12. The average Bonchev–Trinajstić information content (AvgIpc) is 2.09. The smallest absolute Gasteiger partial charge is 0.222 e. The van der Waals surface area contributed by atoms with Crippen LogP contribution in [0.25, 0.3) is 0 Å². The van der Waals surface area contributed by atoms with E-state index in [0.29, 0.717) is 6.54 Å². The van der Waals surface area contributed by atoms with Gasteiger partial charge in [0.2, 0.25) is 11.8 Å². The maximum Gasteiger partial charge on any atom is 0.222 e. The number of nitrogens with two attached hydrogens (primary N) is 1. The molecule has 0 spiro atoms. The third kappa shape index (κ3) is 6.42. The van der Waals surface area contributed by atoms with E-state index >= 15 is 0 Å². The molecule has 0 saturated heterocycles. The lowest BCUT2D eigenvalue weighted by Crippen LogP contribution is -2.33. The number of likely N-dealkylation sites (N-methyl/N-ethyl adjacent to an activating group) is 2. The molecule has 0 aliphatic heterocycles. The SMILES string of the molecule is CN(C)CCN(C)C(=O)CCC(N)=O. The van der Waals surface area contributed by atoms with Crippen molar-refractivity contribution in [3.05, 3.63) is 0 Å². The van der Waals surface area contributed by atoms with Crippen LogP contribution in [-0.4, -0.2) is 55.8 Å². The van der Waals surface area contributed by atoms with E-state index < -0.39 is 5.91 Å². The fourth-order valence-corrected chi connectivity index (χ4v) is 0.896. The van der Waals surface area contributed by atoms with Gasteiger partial charge in [-0.2, -0.15) is 0 Å². The topological polar surface area (TPSA) is 66.6 Å². The largest absolute Gasteiger partial charge is 0.370 e. The first-order valence-electron chi connectivity index (χ1n) is 4.60. The van der Waals surface area contributed by atoms with Gasteiger partial charge in [-0.3, -0.25) is 9.59 Å². The van der Waals surface area contributed by atoms with E-state index in [0.717, 1.165) is 6.54 Å². The van der Waals surface area contributed by atoms with Crippen LogP contribution in [0.15, 0.2) is 0 Å². The highest BCUT2D eigenvalue weighted by molar-refractivity contribution is 5.82. The van der Waals surface area contributed by atoms with Crippen molar-refractivity contribution in [2.75, 3.05) is 34.2 Å². The molecule has 5 heteroatoms. The third-order valence-electron chi connectivity index (χ3n) is 1.89. The Bertz CT molecular complexity index is 204. The average molecular weight is 201 g/mol. The number of amides is 2. The molecule has 0 aliphatic rings. The summed E-state index contributed by atoms with van der Waals surface area (Å²) >= 11 is 0. The number of primary amides is 1. The first-order chi connectivity index (χ1) is 6.43. The fraction of sp³-hybridized carbons (Fsp3) is 0.778. The second-order valence-corrected chi connectivity index (χ2v) is 3.58. The minimum absolute atomic E-state index is 0.0364. The molecule has 2 amide bonds. The van der Waals surface area contributed by atoms with Crippen LogP contribution in [0.5, 0.6) is 0 Å². The van der Waals surface area contributed by atoms with Crippen LogP contribution >= 0.6 is 0 Å². The van der Waals surface area contributed by atoms with Gasteiger partial charge in [-0.05, 0) is 14.1 Å². The normalized spacial score (nSPS) is 10.3. The van der Waals surface area contributed by atoms with Gasteiger partial charge in [-0.1, -0.05) is 0 Å². The van der Waals surface area contributed by atoms with E-state index in [1.165, 1.54) is 0 Å². The molecular weight excluding hydrogens is 182 g/mol. The molecule has 0 aliphatic carbocycles. The van der Waals surface area contributed by atoms with Gasteiger partial charge >= 0.3 is 0 Å². The molecule has 0 fully saturated rings. The predicted octanol–water partition coefficient (Wildman–Crippen LogP) is -0.728. The van der Waals surface area contributed by atoms with Crippen molar-refractivity contribution in [3.8, 4) is 0 Å². The maximum absolute atomic E-state index is 11.4. The number of hydrogen-bond donors (Lipinski definition) is 1. The molecule has 0 heterocycles. The molecular formula is C9H19N3O2. The highest BCUT2D eigenvalue weighted by Gasteiger charge is 2.09. The van der Waals surface area contributed by atoms with E-state index in [2.05, 4.69) is 0 Å². The minimum atomic E-state index is -0.431. The van der Waals surface area contributed by atoms with Crippen molar-refractivity contribution in [1.29, 1.82) is 0 Å². The van der Waals surface area contributed by atoms with E-state index in [9.17, 15) is 9.59 Å². The summed E-state index contributed by atoms with van der Waals surface area (Å²) in [6.45, 7) is 1.49. The van der Waals surface area contributed by atoms with Crippen molar-refractivity contribution in [3.63, 3.8) is 0 Å². The molecule has 0 bridgehead atoms. The van der Waals surface area contributed by atoms with Crippen molar-refractivity contribution >= 4 is 11.8 Å². The van der Waals surface area contributed by atoms with Crippen molar-refractivity contribution in [2.45, 2.75) is 12.8 Å². The quantitative estimate of drug-likeness (QED) is 0.616. The van der Waals surface area contributed by atoms with Gasteiger partial charge in [-0.25, -0.2) is 0 Å². The Morgan fingerprint density at radius 3 is 2.07 bits per heavy atom. The predicted molar refractivity (Wildman–Crippen MR) is 54.6 cm³/mol. The van der Waals surface area contributed by atoms with Crippen LogP contribution in [0, 0.1) is 0 Å². The molecule has 0 rings (SSSR count). The lowest BCUT2D eigenvalue weighted by atomic mass is 10.2. The van der Waals surface area contributed by atoms with Crippen LogP contribution in [-0.2, 0) is 9.59 Å². The lowest BCUT2D eigenvalue weighted by Gasteiger charge is -2.19. The van der Waals surface area contributed by atoms with Crippen LogP contribution in [0.4, 0.5) is 0 Å². The molecule has 5 nitrogen and oxygen atoms in total. The second kappa shape index (κ2) is 6.37. The Morgan fingerprint density at radius 2 is 1.64 bits per heavy atom. The van der Waals surface area contributed by atoms with Crippen molar-refractivity contribution < 1.29 is 9.59 Å². The monoisotopic (exact) mass is 201 g/mol. The summed E-state index contributed by atoms with van der Waals surface area (Å²) in [5, 5.41) is 0. The summed E-state index contributed by atoms with van der Waals surface area (Å²) in [4.78, 5) is 25.4. The zero-order chi connectivity index (χ0) is 11.1. The highest BCUT2D eigenvalue weighted by Crippen LogP contribution is 1.94. The van der Waals surface area contributed by atoms with Crippen molar-refractivity contribution in [1.82, 2.24) is 9.80 Å². The van der Waals surface area contributed by atoms with Gasteiger partial charge in [0.25, 0.3) is 0 Å². The molecule has 0 saturated carbocycles. The van der Waals surface area contributed by atoms with E-state index in [1.807, 2.05) is 19.0 Å². The summed E-state index contributed by atoms with van der Waals surface area (Å²) in [7, 11) is 5.62. The molecule has 82 valence electrons. The van der Waals surface area contributed by atoms with Crippen LogP contribution in [0.1, 0.15) is 12.8 Å². The number of carbonyl (C=O) groups is 2. The first kappa shape index (κ1) is 12.9. The van der Waals surface area contributed by atoms with Gasteiger partial charge in [-0.15, -0.1) is 0 Å². The van der Waals surface area contributed by atoms with Crippen LogP contribution in [0.2, 0.25) is 0 Å². The molecule has 14 heavy (non-hydrogen) atoms. The number of carbonyl (C=O) groups excluding carboxylic acids is 2.